The third kappa shape index (κ3) is 21.7. The van der Waals surface area contributed by atoms with Gasteiger partial charge in [0.25, 0.3) is 0 Å². The molecule has 0 spiro atoms. The maximum absolute atomic E-state index is 13.1. The van der Waals surface area contributed by atoms with E-state index >= 15 is 0 Å². The Bertz CT molecular complexity index is 5600. The van der Waals surface area contributed by atoms with Crippen LogP contribution in [0.4, 0.5) is 52.7 Å². The van der Waals surface area contributed by atoms with Crippen molar-refractivity contribution in [1.29, 1.82) is 0 Å². The van der Waals surface area contributed by atoms with Gasteiger partial charge in [-0.2, -0.15) is 52.7 Å². The van der Waals surface area contributed by atoms with Crippen LogP contribution in [0, 0.1) is 0 Å². The van der Waals surface area contributed by atoms with Crippen LogP contribution >= 0.6 is 63.0 Å². The maximum Gasteiger partial charge on any atom is 0.488 e. The van der Waals surface area contributed by atoms with Crippen molar-refractivity contribution in [2.24, 2.45) is 0 Å². The van der Waals surface area contributed by atoms with Gasteiger partial charge < -0.3 is 29.7 Å². The van der Waals surface area contributed by atoms with Gasteiger partial charge in [0.2, 0.25) is 0 Å². The number of hydrogen-bond acceptors (Lipinski definition) is 16. The molecule has 0 atom stereocenters. The molecule has 4 fully saturated rings. The number of carbonyl (C=O) groups excluding carboxylic acids is 2. The van der Waals surface area contributed by atoms with E-state index in [9.17, 15) is 82.1 Å². The largest absolute Gasteiger partial charge is 0.488 e. The Morgan fingerprint density at radius 3 is 0.901 bits per heavy atom. The van der Waals surface area contributed by atoms with Gasteiger partial charge in [-0.05, 0) is 245 Å². The fourth-order valence-corrected chi connectivity index (χ4v) is 19.7. The van der Waals surface area contributed by atoms with Gasteiger partial charge in [0.05, 0.1) is 57.5 Å². The number of ether oxygens (including phenoxy) is 2. The second-order valence-electron chi connectivity index (χ2n) is 28.7. The lowest BCUT2D eigenvalue weighted by atomic mass is 9.79. The first-order valence-electron chi connectivity index (χ1n) is 37.8. The highest BCUT2D eigenvalue weighted by molar-refractivity contribution is 9.10. The van der Waals surface area contributed by atoms with Crippen molar-refractivity contribution >= 4 is 143 Å². The summed E-state index contributed by atoms with van der Waals surface area (Å²) in [5, 5.41) is 39.8. The monoisotopic (exact) mass is 1810 g/mol. The van der Waals surface area contributed by atoms with Crippen LogP contribution in [-0.2, 0) is 53.4 Å². The molecule has 121 heavy (non-hydrogen) atoms. The van der Waals surface area contributed by atoms with Crippen molar-refractivity contribution in [3.63, 3.8) is 0 Å². The van der Waals surface area contributed by atoms with E-state index in [0.717, 1.165) is 157 Å². The molecule has 12 aromatic rings. The van der Waals surface area contributed by atoms with Gasteiger partial charge in [-0.3, -0.25) is 39.1 Å². The average Bonchev–Trinajstić information content (AvgIpc) is 0.776. The zero-order valence-electron chi connectivity index (χ0n) is 63.8. The van der Waals surface area contributed by atoms with E-state index in [4.69, 9.17) is 19.5 Å². The van der Waals surface area contributed by atoms with Crippen LogP contribution < -0.4 is 5.46 Å². The maximum atomic E-state index is 13.1. The number of nitrogens with zero attached hydrogens (tertiary/aromatic N) is 4. The summed E-state index contributed by atoms with van der Waals surface area (Å²) in [7, 11) is -1.87. The molecule has 8 aromatic carbocycles. The number of thioether (sulfide) groups is 4. The number of aromatic nitrogens is 4. The van der Waals surface area contributed by atoms with Gasteiger partial charge in [0, 0.05) is 70.4 Å². The van der Waals surface area contributed by atoms with Crippen molar-refractivity contribution in [2.75, 3.05) is 13.2 Å². The summed E-state index contributed by atoms with van der Waals surface area (Å²) in [6, 6.07) is 48.9. The molecule has 16 rings (SSSR count). The van der Waals surface area contributed by atoms with Crippen molar-refractivity contribution in [3.05, 3.63) is 246 Å². The number of hydrogen-bond donors (Lipinski definition) is 4. The third-order valence-corrected chi connectivity index (χ3v) is 27.5. The van der Waals surface area contributed by atoms with Crippen LogP contribution in [0.15, 0.2) is 243 Å². The Hall–Kier alpha value is -9.70. The fourth-order valence-electron chi connectivity index (χ4n) is 13.6. The number of carboxylic acid groups (broad SMARTS) is 2. The topological polar surface area (TPSA) is 219 Å². The fraction of sp³-hybridized carbons (Fsp3) is 0.281. The predicted octanol–water partition coefficient (Wildman–Crippen LogP) is 24.1. The van der Waals surface area contributed by atoms with Gasteiger partial charge in [0.1, 0.15) is 19.0 Å². The van der Waals surface area contributed by atoms with Gasteiger partial charge in [0.15, 0.2) is 0 Å². The van der Waals surface area contributed by atoms with E-state index < -0.39 is 85.0 Å². The molecule has 4 aliphatic rings. The smallest absolute Gasteiger partial charge is 0.480 e. The number of halogens is 13. The molecule has 4 N–H and O–H groups in total. The molecular weight excluding hydrogens is 1730 g/mol. The molecule has 4 aromatic heterocycles. The number of carboxylic acids is 2. The summed E-state index contributed by atoms with van der Waals surface area (Å²) >= 11 is 9.22. The van der Waals surface area contributed by atoms with Crippen molar-refractivity contribution < 1.29 is 102 Å². The number of rotatable bonds is 18. The van der Waals surface area contributed by atoms with Gasteiger partial charge in [-0.15, -0.1) is 47.0 Å². The third-order valence-electron chi connectivity index (χ3n) is 20.8. The second kappa shape index (κ2) is 38.4. The summed E-state index contributed by atoms with van der Waals surface area (Å²) < 4.78 is 163. The molecule has 0 radical (unpaired) electrons. The van der Waals surface area contributed by atoms with Crippen LogP contribution in [0.1, 0.15) is 121 Å². The normalized spacial score (nSPS) is 15.3. The Morgan fingerprint density at radius 1 is 0.372 bits per heavy atom. The number of benzene rings is 8. The molecule has 32 heteroatoms. The first-order chi connectivity index (χ1) is 56.9. The second-order valence-corrected chi connectivity index (χ2v) is 35.3. The standard InChI is InChI=1S/C23H20F3NO2S.2C21H16F3NO2S.C16H16BrNO2S.C7H6BF3O2.CH4/c1-2-29-21(28)22(10-4-11-22)30-20-9-12-27-19-8-7-16(14-18(19)20)15-5-3-6-17(13-15)23(24,25)26;2*22-21(23,24)15-4-1-3-13(11-15)14-5-6-17-16(12-14)18(7-10-25-17)28-20(19(26)27)8-2-9-20;1-2-20-15(19)16(7-3-8-16)21-14-6-9-18-13-5-4-11(17)10-12(13)14;9-7(10,11)5-2-1-3-6(4-5)8(12)13;/h3,5-9,12-14H,2,4,10-11H2,1H3;2*1,3-7,10-12H,2,8-9H2,(H,26,27);4-6,9-10H,2-3,7-8H2,1H3;1-4,12-13H;1H4. The van der Waals surface area contributed by atoms with E-state index in [1.54, 1.807) is 122 Å². The summed E-state index contributed by atoms with van der Waals surface area (Å²) in [4.78, 5) is 69.2. The average molecular weight is 1810 g/mol. The van der Waals surface area contributed by atoms with E-state index in [1.165, 1.54) is 59.6 Å². The van der Waals surface area contributed by atoms with Crippen LogP contribution in [0.2, 0.25) is 0 Å². The zero-order chi connectivity index (χ0) is 86.2. The molecule has 0 unspecified atom stereocenters. The SMILES string of the molecule is C.CCOC(=O)C1(Sc2ccnc3ccc(-c4cccc(C(F)(F)F)c4)cc23)CCC1.CCOC(=O)C1(Sc2ccnc3ccc(Br)cc23)CCC1.O=C(O)C1(Sc2ccnc3ccc(-c4cccc(C(F)(F)F)c4)cc23)CCC1.O=C(O)C1(Sc2ccnc3ccc(-c4cccc(C(F)(F)F)c4)cc23)CCC1.OB(O)c1cccc(C(F)(F)F)c1. The highest BCUT2D eigenvalue weighted by Crippen LogP contribution is 2.54. The summed E-state index contributed by atoms with van der Waals surface area (Å²) in [6.07, 6.45) is -1.48. The number of pyridine rings is 4. The lowest BCUT2D eigenvalue weighted by molar-refractivity contribution is -0.149. The number of carbonyl (C=O) groups is 4. The van der Waals surface area contributed by atoms with Crippen molar-refractivity contribution in [3.8, 4) is 33.4 Å². The van der Waals surface area contributed by atoms with Gasteiger partial charge >= 0.3 is 55.7 Å². The van der Waals surface area contributed by atoms with Gasteiger partial charge in [-0.1, -0.05) is 102 Å². The van der Waals surface area contributed by atoms with E-state index in [-0.39, 0.29) is 24.8 Å². The molecule has 0 amide bonds. The lowest BCUT2D eigenvalue weighted by Crippen LogP contribution is -2.43. The van der Waals surface area contributed by atoms with Gasteiger partial charge in [-0.25, -0.2) is 0 Å². The zero-order valence-corrected chi connectivity index (χ0v) is 68.7. The molecule has 14 nitrogen and oxygen atoms in total. The Morgan fingerprint density at radius 2 is 0.636 bits per heavy atom. The molecule has 0 saturated heterocycles. The highest BCUT2D eigenvalue weighted by atomic mass is 79.9. The van der Waals surface area contributed by atoms with Crippen LogP contribution in [0.25, 0.3) is 77.0 Å². The minimum atomic E-state index is -4.45. The molecular formula is C89H78BBrF12N4O10S4. The Balaban J connectivity index is 0.000000151. The van der Waals surface area contributed by atoms with Crippen LogP contribution in [0.3, 0.4) is 0 Å². The minimum Gasteiger partial charge on any atom is -0.480 e. The number of alkyl halides is 12. The Kier molecular flexibility index (Phi) is 29.2. The highest BCUT2D eigenvalue weighted by Gasteiger charge is 2.50. The first-order valence-corrected chi connectivity index (χ1v) is 41.8. The molecule has 4 saturated carbocycles. The van der Waals surface area contributed by atoms with Crippen LogP contribution in [0.5, 0.6) is 0 Å². The molecule has 0 bridgehead atoms. The summed E-state index contributed by atoms with van der Waals surface area (Å²) in [5.74, 6) is -1.95. The minimum absolute atomic E-state index is 0. The number of aliphatic carboxylic acids is 2. The number of esters is 2. The summed E-state index contributed by atoms with van der Waals surface area (Å²) in [5.41, 5.74) is 3.20. The number of fused-ring (bicyclic) bond motifs is 4. The van der Waals surface area contributed by atoms with E-state index in [0.29, 0.717) is 89.4 Å². The van der Waals surface area contributed by atoms with Crippen molar-refractivity contribution in [2.45, 2.75) is 162 Å². The lowest BCUT2D eigenvalue weighted by Gasteiger charge is -2.38. The quantitative estimate of drug-likeness (QED) is 0.0356. The molecule has 632 valence electrons. The molecule has 4 heterocycles. The Labute approximate surface area is 713 Å². The predicted molar refractivity (Wildman–Crippen MR) is 452 cm³/mol. The van der Waals surface area contributed by atoms with Crippen molar-refractivity contribution in [1.82, 2.24) is 19.9 Å². The van der Waals surface area contributed by atoms with Crippen LogP contribution in [-0.4, -0.2) is 103 Å². The summed E-state index contributed by atoms with van der Waals surface area (Å²) in [6.45, 7) is 4.41. The van der Waals surface area contributed by atoms with E-state index in [2.05, 4.69) is 41.9 Å². The van der Waals surface area contributed by atoms with E-state index in [1.807, 2.05) is 37.3 Å². The molecule has 0 aliphatic heterocycles. The molecule has 4 aliphatic carbocycles. The first kappa shape index (κ1) is 92.0.